The van der Waals surface area contributed by atoms with E-state index in [4.69, 9.17) is 4.99 Å². The molecule has 136 valence electrons. The molecule has 0 aromatic rings. The van der Waals surface area contributed by atoms with Gasteiger partial charge in [-0.15, -0.1) is 0 Å². The first-order valence-electron chi connectivity index (χ1n) is 9.36. The van der Waals surface area contributed by atoms with Crippen molar-refractivity contribution in [2.24, 2.45) is 10.4 Å². The van der Waals surface area contributed by atoms with Crippen LogP contribution in [0.4, 0.5) is 0 Å². The van der Waals surface area contributed by atoms with Crippen molar-refractivity contribution in [1.82, 2.24) is 15.5 Å². The Kier molecular flexibility index (Phi) is 8.92. The Morgan fingerprint density at radius 2 is 1.91 bits per heavy atom. The monoisotopic (exact) mass is 326 g/mol. The smallest absolute Gasteiger partial charge is 0.191 e. The predicted octanol–water partition coefficient (Wildman–Crippen LogP) is 2.21. The van der Waals surface area contributed by atoms with Crippen LogP contribution in [0.1, 0.15) is 59.8 Å². The number of likely N-dealkylation sites (N-methyl/N-ethyl adjacent to an activating group) is 1. The maximum Gasteiger partial charge on any atom is 0.191 e. The van der Waals surface area contributed by atoms with Gasteiger partial charge in [0.25, 0.3) is 0 Å². The van der Waals surface area contributed by atoms with E-state index in [-0.39, 0.29) is 12.0 Å². The van der Waals surface area contributed by atoms with E-state index < -0.39 is 0 Å². The summed E-state index contributed by atoms with van der Waals surface area (Å²) in [5.41, 5.74) is 0.119. The van der Waals surface area contributed by atoms with Crippen molar-refractivity contribution < 1.29 is 5.11 Å². The van der Waals surface area contributed by atoms with Crippen molar-refractivity contribution in [1.29, 1.82) is 0 Å². The first kappa shape index (κ1) is 20.2. The average molecular weight is 327 g/mol. The normalized spacial score (nSPS) is 17.4. The van der Waals surface area contributed by atoms with Gasteiger partial charge in [-0.2, -0.15) is 0 Å². The molecule has 0 spiro atoms. The largest absolute Gasteiger partial charge is 0.396 e. The van der Waals surface area contributed by atoms with Crippen LogP contribution < -0.4 is 10.6 Å². The zero-order valence-electron chi connectivity index (χ0n) is 15.9. The van der Waals surface area contributed by atoms with Gasteiger partial charge in [-0.3, -0.25) is 9.89 Å². The topological polar surface area (TPSA) is 59.9 Å². The summed E-state index contributed by atoms with van der Waals surface area (Å²) in [6, 6.07) is 1.29. The van der Waals surface area contributed by atoms with Gasteiger partial charge >= 0.3 is 0 Å². The minimum Gasteiger partial charge on any atom is -0.396 e. The van der Waals surface area contributed by atoms with Crippen molar-refractivity contribution in [2.75, 3.05) is 33.3 Å². The van der Waals surface area contributed by atoms with E-state index in [0.717, 1.165) is 50.9 Å². The number of guanidine groups is 1. The number of hydrogen-bond donors (Lipinski definition) is 3. The maximum absolute atomic E-state index is 9.34. The Hall–Kier alpha value is -0.810. The molecule has 1 atom stereocenters. The van der Waals surface area contributed by atoms with E-state index in [2.05, 4.69) is 50.3 Å². The lowest BCUT2D eigenvalue weighted by Gasteiger charge is -2.30. The SMILES string of the molecule is CCNC(=NCC(CC)(CC)CCO)NCC(C)N(C)C1CC1. The number of hydrogen-bond acceptors (Lipinski definition) is 3. The number of aliphatic hydroxyl groups is 1. The summed E-state index contributed by atoms with van der Waals surface area (Å²) in [6.45, 7) is 11.5. The fourth-order valence-corrected chi connectivity index (χ4v) is 2.96. The molecular formula is C18H38N4O. The molecule has 3 N–H and O–H groups in total. The molecule has 5 nitrogen and oxygen atoms in total. The lowest BCUT2D eigenvalue weighted by molar-refractivity contribution is 0.175. The lowest BCUT2D eigenvalue weighted by Crippen LogP contribution is -2.45. The molecular weight excluding hydrogens is 288 g/mol. The third-order valence-corrected chi connectivity index (χ3v) is 5.44. The molecule has 0 radical (unpaired) electrons. The van der Waals surface area contributed by atoms with E-state index in [0.29, 0.717) is 6.04 Å². The van der Waals surface area contributed by atoms with Crippen molar-refractivity contribution in [3.8, 4) is 0 Å². The quantitative estimate of drug-likeness (QED) is 0.402. The molecule has 0 saturated heterocycles. The third-order valence-electron chi connectivity index (χ3n) is 5.44. The summed E-state index contributed by atoms with van der Waals surface area (Å²) in [5.74, 6) is 0.896. The van der Waals surface area contributed by atoms with Crippen LogP contribution in [0.25, 0.3) is 0 Å². The van der Waals surface area contributed by atoms with E-state index in [1.165, 1.54) is 12.8 Å². The third kappa shape index (κ3) is 6.68. The van der Waals surface area contributed by atoms with Crippen LogP contribution in [0.2, 0.25) is 0 Å². The van der Waals surface area contributed by atoms with E-state index in [1.54, 1.807) is 0 Å². The van der Waals surface area contributed by atoms with E-state index in [9.17, 15) is 5.11 Å². The molecule has 0 bridgehead atoms. The minimum atomic E-state index is 0.119. The summed E-state index contributed by atoms with van der Waals surface area (Å²) >= 11 is 0. The molecule has 1 aliphatic carbocycles. The molecule has 5 heteroatoms. The van der Waals surface area contributed by atoms with Crippen molar-refractivity contribution in [3.05, 3.63) is 0 Å². The number of nitrogens with zero attached hydrogens (tertiary/aromatic N) is 2. The summed E-state index contributed by atoms with van der Waals surface area (Å²) < 4.78 is 0. The first-order chi connectivity index (χ1) is 11.0. The standard InChI is InChI=1S/C18H38N4O/c1-6-18(7-2,11-12-23)14-21-17(19-8-3)20-13-15(4)22(5)16-9-10-16/h15-16,23H,6-14H2,1-5H3,(H2,19,20,21). The summed E-state index contributed by atoms with van der Waals surface area (Å²) in [5, 5.41) is 16.2. The number of rotatable bonds is 11. The highest BCUT2D eigenvalue weighted by molar-refractivity contribution is 5.79. The number of aliphatic imine (C=N–C) groups is 1. The van der Waals surface area contributed by atoms with Gasteiger partial charge in [0.1, 0.15) is 0 Å². The molecule has 1 unspecified atom stereocenters. The van der Waals surface area contributed by atoms with Crippen LogP contribution >= 0.6 is 0 Å². The second kappa shape index (κ2) is 10.1. The van der Waals surface area contributed by atoms with Gasteiger partial charge in [-0.25, -0.2) is 0 Å². The Bertz CT molecular complexity index is 351. The van der Waals surface area contributed by atoms with Crippen LogP contribution in [0, 0.1) is 5.41 Å². The van der Waals surface area contributed by atoms with Gasteiger partial charge in [-0.1, -0.05) is 13.8 Å². The van der Waals surface area contributed by atoms with Crippen LogP contribution in [-0.4, -0.2) is 61.3 Å². The molecule has 1 fully saturated rings. The molecule has 0 aromatic heterocycles. The second-order valence-corrected chi connectivity index (χ2v) is 7.00. The highest BCUT2D eigenvalue weighted by Gasteiger charge is 2.29. The number of aliphatic hydroxyl groups excluding tert-OH is 1. The van der Waals surface area contributed by atoms with Crippen LogP contribution in [0.3, 0.4) is 0 Å². The van der Waals surface area contributed by atoms with Gasteiger partial charge in [-0.05, 0) is 58.4 Å². The van der Waals surface area contributed by atoms with Gasteiger partial charge in [0.15, 0.2) is 5.96 Å². The molecule has 1 saturated carbocycles. The number of nitrogens with one attached hydrogen (secondary N) is 2. The lowest BCUT2D eigenvalue weighted by atomic mass is 9.79. The molecule has 0 aliphatic heterocycles. The molecule has 0 amide bonds. The Balaban J connectivity index is 2.57. The molecule has 0 aromatic carbocycles. The fourth-order valence-electron chi connectivity index (χ4n) is 2.96. The molecule has 23 heavy (non-hydrogen) atoms. The molecule has 1 aliphatic rings. The minimum absolute atomic E-state index is 0.119. The van der Waals surface area contributed by atoms with Crippen LogP contribution in [-0.2, 0) is 0 Å². The zero-order chi connectivity index (χ0) is 17.3. The van der Waals surface area contributed by atoms with Crippen molar-refractivity contribution in [3.63, 3.8) is 0 Å². The zero-order valence-corrected chi connectivity index (χ0v) is 15.9. The Labute approximate surface area is 142 Å². The average Bonchev–Trinajstić information content (AvgIpc) is 3.40. The van der Waals surface area contributed by atoms with Crippen LogP contribution in [0.5, 0.6) is 0 Å². The van der Waals surface area contributed by atoms with Gasteiger partial charge < -0.3 is 15.7 Å². The van der Waals surface area contributed by atoms with Gasteiger partial charge in [0.05, 0.1) is 0 Å². The van der Waals surface area contributed by atoms with Crippen molar-refractivity contribution in [2.45, 2.75) is 71.9 Å². The van der Waals surface area contributed by atoms with Crippen molar-refractivity contribution >= 4 is 5.96 Å². The molecule has 0 heterocycles. The Morgan fingerprint density at radius 3 is 2.39 bits per heavy atom. The first-order valence-corrected chi connectivity index (χ1v) is 9.36. The summed E-state index contributed by atoms with van der Waals surface area (Å²) in [4.78, 5) is 7.27. The molecule has 1 rings (SSSR count). The summed E-state index contributed by atoms with van der Waals surface area (Å²) in [7, 11) is 2.22. The maximum atomic E-state index is 9.34. The van der Waals surface area contributed by atoms with Crippen LogP contribution in [0.15, 0.2) is 4.99 Å². The summed E-state index contributed by atoms with van der Waals surface area (Å²) in [6.07, 6.45) is 5.60. The fraction of sp³-hybridized carbons (Fsp3) is 0.944. The Morgan fingerprint density at radius 1 is 1.26 bits per heavy atom. The second-order valence-electron chi connectivity index (χ2n) is 7.00. The van der Waals surface area contributed by atoms with E-state index >= 15 is 0 Å². The van der Waals surface area contributed by atoms with Gasteiger partial charge in [0.2, 0.25) is 0 Å². The van der Waals surface area contributed by atoms with Gasteiger partial charge in [0, 0.05) is 38.3 Å². The highest BCUT2D eigenvalue weighted by Crippen LogP contribution is 2.30. The van der Waals surface area contributed by atoms with E-state index in [1.807, 2.05) is 0 Å². The highest BCUT2D eigenvalue weighted by atomic mass is 16.3. The predicted molar refractivity (Wildman–Crippen MR) is 98.9 cm³/mol.